The summed E-state index contributed by atoms with van der Waals surface area (Å²) < 4.78 is 32.2. The Bertz CT molecular complexity index is 1620. The van der Waals surface area contributed by atoms with Gasteiger partial charge in [-0.2, -0.15) is 0 Å². The Morgan fingerprint density at radius 2 is 1.00 bits per heavy atom. The second-order valence-corrected chi connectivity index (χ2v) is 9.97. The third-order valence-corrected chi connectivity index (χ3v) is 6.80. The summed E-state index contributed by atoms with van der Waals surface area (Å²) in [4.78, 5) is 22.0. The molecule has 0 aliphatic carbocycles. The van der Waals surface area contributed by atoms with Crippen LogP contribution >= 0.6 is 0 Å². The van der Waals surface area contributed by atoms with Gasteiger partial charge in [-0.15, -0.1) is 0 Å². The lowest BCUT2D eigenvalue weighted by molar-refractivity contribution is -0.132. The number of rotatable bonds is 6. The first-order valence-corrected chi connectivity index (χ1v) is 13.9. The van der Waals surface area contributed by atoms with Gasteiger partial charge in [-0.05, 0) is 83.0 Å². The van der Waals surface area contributed by atoms with Crippen molar-refractivity contribution in [1.82, 2.24) is 0 Å². The first-order valence-electron chi connectivity index (χ1n) is 13.9. The molecule has 0 bridgehead atoms. The highest BCUT2D eigenvalue weighted by Gasteiger charge is 2.16. The van der Waals surface area contributed by atoms with Crippen LogP contribution in [-0.4, -0.2) is 39.4 Å². The van der Waals surface area contributed by atoms with Crippen LogP contribution in [0.1, 0.15) is 36.1 Å². The molecule has 2 aliphatic heterocycles. The van der Waals surface area contributed by atoms with Crippen LogP contribution in [0, 0.1) is 0 Å². The molecule has 0 amide bonds. The Hall–Kier alpha value is -5.50. The summed E-state index contributed by atoms with van der Waals surface area (Å²) in [5, 5.41) is 0. The molecule has 0 radical (unpaired) electrons. The van der Waals surface area contributed by atoms with E-state index in [4.69, 9.17) is 28.4 Å². The first kappa shape index (κ1) is 30.0. The zero-order chi connectivity index (χ0) is 31.1. The molecule has 0 N–H and O–H groups in total. The monoisotopic (exact) mass is 592 g/mol. The maximum Gasteiger partial charge on any atom is 0.308 e. The van der Waals surface area contributed by atoms with Gasteiger partial charge >= 0.3 is 11.9 Å². The van der Waals surface area contributed by atoms with Gasteiger partial charge in [0.2, 0.25) is 0 Å². The number of benzene rings is 4. The summed E-state index contributed by atoms with van der Waals surface area (Å²) in [6, 6.07) is 26.5. The van der Waals surface area contributed by atoms with Gasteiger partial charge < -0.3 is 28.4 Å². The molecule has 0 spiro atoms. The summed E-state index contributed by atoms with van der Waals surface area (Å²) in [6.45, 7) is 3.68. The van der Waals surface area contributed by atoms with Gasteiger partial charge in [-0.3, -0.25) is 9.59 Å². The molecular weight excluding hydrogens is 560 g/mol. The Morgan fingerprint density at radius 3 is 1.39 bits per heavy atom. The Kier molecular flexibility index (Phi) is 9.30. The first-order chi connectivity index (χ1) is 21.3. The lowest BCUT2D eigenvalue weighted by atomic mass is 10.0. The van der Waals surface area contributed by atoms with Crippen LogP contribution in [0.25, 0.3) is 23.3 Å². The van der Waals surface area contributed by atoms with Crippen LogP contribution < -0.4 is 28.4 Å². The smallest absolute Gasteiger partial charge is 0.308 e. The molecule has 4 aromatic rings. The van der Waals surface area contributed by atoms with Crippen LogP contribution in [-0.2, 0) is 9.59 Å². The van der Waals surface area contributed by atoms with Gasteiger partial charge in [-0.1, -0.05) is 24.3 Å². The molecule has 2 heterocycles. The predicted molar refractivity (Wildman–Crippen MR) is 168 cm³/mol. The molecule has 0 unspecified atom stereocenters. The molecule has 4 aromatic carbocycles. The van der Waals surface area contributed by atoms with Gasteiger partial charge in [0.15, 0.2) is 0 Å². The van der Waals surface area contributed by atoms with E-state index < -0.39 is 0 Å². The number of carbonyl (C=O) groups excluding carboxylic acids is 2. The van der Waals surface area contributed by atoms with Crippen molar-refractivity contribution >= 4 is 35.2 Å². The molecule has 0 aromatic heterocycles. The van der Waals surface area contributed by atoms with Crippen LogP contribution in [0.15, 0.2) is 84.9 Å². The highest BCUT2D eigenvalue weighted by atomic mass is 16.5. The van der Waals surface area contributed by atoms with Crippen LogP contribution in [0.3, 0.4) is 0 Å². The van der Waals surface area contributed by atoms with Crippen LogP contribution in [0.5, 0.6) is 34.5 Å². The summed E-state index contributed by atoms with van der Waals surface area (Å²) in [6.07, 6.45) is 4.15. The van der Waals surface area contributed by atoms with Crippen molar-refractivity contribution in [2.45, 2.75) is 13.8 Å². The molecule has 44 heavy (non-hydrogen) atoms. The van der Waals surface area contributed by atoms with Crippen LogP contribution in [0.4, 0.5) is 0 Å². The van der Waals surface area contributed by atoms with Gasteiger partial charge in [0.1, 0.15) is 47.7 Å². The van der Waals surface area contributed by atoms with Crippen LogP contribution in [0.2, 0.25) is 0 Å². The second kappa shape index (κ2) is 13.6. The molecule has 0 fully saturated rings. The highest BCUT2D eigenvalue weighted by molar-refractivity contribution is 5.87. The maximum atomic E-state index is 11.0. The fraction of sp³-hybridized carbons (Fsp3) is 0.167. The fourth-order valence-electron chi connectivity index (χ4n) is 4.73. The summed E-state index contributed by atoms with van der Waals surface area (Å²) >= 11 is 0. The van der Waals surface area contributed by atoms with E-state index in [2.05, 4.69) is 12.2 Å². The zero-order valence-corrected chi connectivity index (χ0v) is 24.9. The number of carbonyl (C=O) groups is 2. The van der Waals surface area contributed by atoms with Crippen molar-refractivity contribution in [3.63, 3.8) is 0 Å². The molecule has 6 rings (SSSR count). The minimum atomic E-state index is -0.344. The third-order valence-electron chi connectivity index (χ3n) is 6.80. The number of esters is 2. The van der Waals surface area contributed by atoms with Crippen molar-refractivity contribution in [2.24, 2.45) is 0 Å². The lowest BCUT2D eigenvalue weighted by Gasteiger charge is -2.19. The van der Waals surface area contributed by atoms with E-state index in [0.29, 0.717) is 36.2 Å². The highest BCUT2D eigenvalue weighted by Crippen LogP contribution is 2.35. The lowest BCUT2D eigenvalue weighted by Crippen LogP contribution is -2.08. The van der Waals surface area contributed by atoms with Crippen molar-refractivity contribution < 1.29 is 38.0 Å². The van der Waals surface area contributed by atoms with E-state index in [-0.39, 0.29) is 11.9 Å². The summed E-state index contributed by atoms with van der Waals surface area (Å²) in [5.41, 5.74) is 6.20. The number of ether oxygens (including phenoxy) is 6. The Morgan fingerprint density at radius 1 is 0.568 bits per heavy atom. The van der Waals surface area contributed by atoms with Crippen molar-refractivity contribution in [3.05, 3.63) is 107 Å². The standard InChI is InChI=1S/2C18H16O4/c2*1-12(19)22-17-7-6-14-8-15(11-21-18(14)10-17)13-4-3-5-16(9-13)20-2/h2*3-10H,11H2,1-2H3. The molecule has 8 nitrogen and oxygen atoms in total. The number of hydrogen-bond donors (Lipinski definition) is 0. The minimum absolute atomic E-state index is 0.344. The summed E-state index contributed by atoms with van der Waals surface area (Å²) in [5.74, 6) is 3.35. The van der Waals surface area contributed by atoms with Gasteiger partial charge in [0.25, 0.3) is 0 Å². The van der Waals surface area contributed by atoms with E-state index in [9.17, 15) is 9.59 Å². The van der Waals surface area contributed by atoms with Crippen molar-refractivity contribution in [3.8, 4) is 34.5 Å². The van der Waals surface area contributed by atoms with Gasteiger partial charge in [0, 0.05) is 37.1 Å². The van der Waals surface area contributed by atoms with Crippen molar-refractivity contribution in [1.29, 1.82) is 0 Å². The van der Waals surface area contributed by atoms with Gasteiger partial charge in [-0.25, -0.2) is 0 Å². The van der Waals surface area contributed by atoms with E-state index in [0.717, 1.165) is 44.9 Å². The minimum Gasteiger partial charge on any atom is -0.497 e. The second-order valence-electron chi connectivity index (χ2n) is 9.97. The molecule has 0 atom stereocenters. The zero-order valence-electron chi connectivity index (χ0n) is 24.9. The molecule has 0 saturated carbocycles. The Labute approximate surface area is 256 Å². The van der Waals surface area contributed by atoms with E-state index in [1.807, 2.05) is 60.7 Å². The molecule has 0 saturated heterocycles. The van der Waals surface area contributed by atoms with E-state index in [1.165, 1.54) is 13.8 Å². The van der Waals surface area contributed by atoms with E-state index >= 15 is 0 Å². The average Bonchev–Trinajstić information content (AvgIpc) is 3.04. The topological polar surface area (TPSA) is 89.5 Å². The van der Waals surface area contributed by atoms with E-state index in [1.54, 1.807) is 38.5 Å². The number of fused-ring (bicyclic) bond motifs is 2. The molecule has 2 aliphatic rings. The van der Waals surface area contributed by atoms with Crippen molar-refractivity contribution in [2.75, 3.05) is 27.4 Å². The molecular formula is C36H32O8. The van der Waals surface area contributed by atoms with Gasteiger partial charge in [0.05, 0.1) is 14.2 Å². The summed E-state index contributed by atoms with van der Waals surface area (Å²) in [7, 11) is 3.30. The largest absolute Gasteiger partial charge is 0.497 e. The predicted octanol–water partition coefficient (Wildman–Crippen LogP) is 7.11. The Balaban J connectivity index is 0.000000175. The average molecular weight is 593 g/mol. The third kappa shape index (κ3) is 7.46. The maximum absolute atomic E-state index is 11.0. The molecule has 8 heteroatoms. The number of methoxy groups -OCH3 is 2. The molecule has 224 valence electrons. The fourth-order valence-corrected chi connectivity index (χ4v) is 4.73. The normalized spacial score (nSPS) is 12.7. The quantitative estimate of drug-likeness (QED) is 0.173. The number of hydrogen-bond acceptors (Lipinski definition) is 8. The SMILES string of the molecule is COc1cccc(C2=Cc3ccc(OC(C)=O)cc3OC2)c1.COc1cccc(C2=Cc3ccc(OC(C)=O)cc3OC2)c1.